The molecule has 0 bridgehead atoms. The van der Waals surface area contributed by atoms with Crippen molar-refractivity contribution in [3.63, 3.8) is 0 Å². The highest BCUT2D eigenvalue weighted by Gasteiger charge is 2.15. The van der Waals surface area contributed by atoms with Gasteiger partial charge in [0.05, 0.1) is 29.1 Å². The van der Waals surface area contributed by atoms with Gasteiger partial charge >= 0.3 is 5.97 Å². The minimum atomic E-state index is -0.450. The molecule has 1 heterocycles. The van der Waals surface area contributed by atoms with Crippen molar-refractivity contribution in [2.75, 3.05) is 17.7 Å². The van der Waals surface area contributed by atoms with Crippen LogP contribution in [0.25, 0.3) is 10.9 Å². The molecule has 0 unspecified atom stereocenters. The van der Waals surface area contributed by atoms with E-state index < -0.39 is 5.97 Å². The van der Waals surface area contributed by atoms with Crippen molar-refractivity contribution in [2.45, 2.75) is 25.8 Å². The van der Waals surface area contributed by atoms with Crippen LogP contribution < -0.4 is 5.32 Å². The number of carbonyl (C=O) groups is 2. The van der Waals surface area contributed by atoms with E-state index >= 15 is 0 Å². The van der Waals surface area contributed by atoms with E-state index in [4.69, 9.17) is 9.72 Å². The average molecular weight is 394 g/mol. The highest BCUT2D eigenvalue weighted by atomic mass is 32.2. The molecule has 1 N–H and O–H groups in total. The molecule has 0 aliphatic heterocycles. The standard InChI is InChI=1S/C22H22N2O3S/c1-4-27-22(26)17-10-5-6-11-18(17)23-19(25)13-28-21-15(3)12-16-9-7-8-14(2)20(16)24-21/h5-12H,4,13H2,1-3H3,(H,23,25). The van der Waals surface area contributed by atoms with E-state index in [0.717, 1.165) is 27.1 Å². The number of hydrogen-bond acceptors (Lipinski definition) is 5. The first-order chi connectivity index (χ1) is 13.5. The maximum absolute atomic E-state index is 12.4. The molecule has 1 amide bonds. The number of nitrogens with one attached hydrogen (secondary N) is 1. The van der Waals surface area contributed by atoms with Crippen LogP contribution in [0.5, 0.6) is 0 Å². The van der Waals surface area contributed by atoms with Crippen LogP contribution in [0.15, 0.2) is 53.6 Å². The molecule has 1 aromatic heterocycles. The Labute approximate surface area is 168 Å². The van der Waals surface area contributed by atoms with Gasteiger partial charge in [0.2, 0.25) is 5.91 Å². The molecule has 144 valence electrons. The summed E-state index contributed by atoms with van der Waals surface area (Å²) in [4.78, 5) is 29.2. The second-order valence-corrected chi connectivity index (χ2v) is 7.32. The maximum atomic E-state index is 12.4. The van der Waals surface area contributed by atoms with Crippen LogP contribution >= 0.6 is 11.8 Å². The quantitative estimate of drug-likeness (QED) is 0.482. The third-order valence-corrected chi connectivity index (χ3v) is 5.32. The second kappa shape index (κ2) is 8.89. The van der Waals surface area contributed by atoms with Crippen LogP contribution in [0.4, 0.5) is 5.69 Å². The summed E-state index contributed by atoms with van der Waals surface area (Å²) in [5, 5.41) is 4.72. The van der Waals surface area contributed by atoms with Gasteiger partial charge in [0.25, 0.3) is 0 Å². The van der Waals surface area contributed by atoms with Gasteiger partial charge in [-0.3, -0.25) is 4.79 Å². The van der Waals surface area contributed by atoms with Gasteiger partial charge < -0.3 is 10.1 Å². The highest BCUT2D eigenvalue weighted by Crippen LogP contribution is 2.26. The lowest BCUT2D eigenvalue weighted by Crippen LogP contribution is -2.17. The maximum Gasteiger partial charge on any atom is 0.340 e. The zero-order chi connectivity index (χ0) is 20.1. The number of thioether (sulfide) groups is 1. The number of aryl methyl sites for hydroxylation is 2. The molecule has 0 atom stereocenters. The second-order valence-electron chi connectivity index (χ2n) is 6.36. The number of ether oxygens (including phenoxy) is 1. The van der Waals surface area contributed by atoms with Gasteiger partial charge in [-0.05, 0) is 50.1 Å². The Morgan fingerprint density at radius 2 is 1.86 bits per heavy atom. The van der Waals surface area contributed by atoms with E-state index in [0.29, 0.717) is 11.3 Å². The number of fused-ring (bicyclic) bond motifs is 1. The highest BCUT2D eigenvalue weighted by molar-refractivity contribution is 8.00. The lowest BCUT2D eigenvalue weighted by molar-refractivity contribution is -0.113. The summed E-state index contributed by atoms with van der Waals surface area (Å²) in [5.41, 5.74) is 3.88. The summed E-state index contributed by atoms with van der Waals surface area (Å²) in [5.74, 6) is -0.455. The Bertz CT molecular complexity index is 1030. The van der Waals surface area contributed by atoms with Crippen molar-refractivity contribution < 1.29 is 14.3 Å². The number of benzene rings is 2. The van der Waals surface area contributed by atoms with Crippen LogP contribution in [-0.2, 0) is 9.53 Å². The van der Waals surface area contributed by atoms with Crippen molar-refractivity contribution in [3.8, 4) is 0 Å². The molecule has 28 heavy (non-hydrogen) atoms. The Morgan fingerprint density at radius 3 is 2.64 bits per heavy atom. The number of amides is 1. The smallest absolute Gasteiger partial charge is 0.340 e. The van der Waals surface area contributed by atoms with Crippen molar-refractivity contribution in [1.29, 1.82) is 0 Å². The molecule has 0 radical (unpaired) electrons. The summed E-state index contributed by atoms with van der Waals surface area (Å²) >= 11 is 1.38. The van der Waals surface area contributed by atoms with E-state index in [1.807, 2.05) is 32.0 Å². The third kappa shape index (κ3) is 4.51. The molecule has 0 saturated carbocycles. The largest absolute Gasteiger partial charge is 0.462 e. The lowest BCUT2D eigenvalue weighted by atomic mass is 10.1. The fraction of sp³-hybridized carbons (Fsp3) is 0.227. The van der Waals surface area contributed by atoms with E-state index in [9.17, 15) is 9.59 Å². The number of nitrogens with zero attached hydrogens (tertiary/aromatic N) is 1. The topological polar surface area (TPSA) is 68.3 Å². The van der Waals surface area contributed by atoms with Crippen LogP contribution in [0.3, 0.4) is 0 Å². The van der Waals surface area contributed by atoms with Gasteiger partial charge in [-0.2, -0.15) is 0 Å². The van der Waals surface area contributed by atoms with Gasteiger partial charge in [0.15, 0.2) is 0 Å². The number of anilines is 1. The molecule has 0 saturated heterocycles. The lowest BCUT2D eigenvalue weighted by Gasteiger charge is -2.11. The first-order valence-electron chi connectivity index (χ1n) is 9.05. The van der Waals surface area contributed by atoms with Crippen molar-refractivity contribution in [2.24, 2.45) is 0 Å². The molecular formula is C22H22N2O3S. The predicted molar refractivity (Wildman–Crippen MR) is 113 cm³/mol. The molecule has 0 aliphatic carbocycles. The van der Waals surface area contributed by atoms with Crippen LogP contribution in [0.1, 0.15) is 28.4 Å². The third-order valence-electron chi connectivity index (χ3n) is 4.23. The molecule has 0 fully saturated rings. The first-order valence-corrected chi connectivity index (χ1v) is 10.0. The zero-order valence-corrected chi connectivity index (χ0v) is 16.9. The molecule has 0 spiro atoms. The number of esters is 1. The summed E-state index contributed by atoms with van der Waals surface area (Å²) in [7, 11) is 0. The van der Waals surface area contributed by atoms with Gasteiger partial charge in [0, 0.05) is 5.39 Å². The van der Waals surface area contributed by atoms with E-state index in [1.165, 1.54) is 11.8 Å². The number of carbonyl (C=O) groups excluding carboxylic acids is 2. The van der Waals surface area contributed by atoms with Gasteiger partial charge in [0.1, 0.15) is 5.03 Å². The number of para-hydroxylation sites is 2. The fourth-order valence-electron chi connectivity index (χ4n) is 2.88. The molecule has 6 heteroatoms. The minimum absolute atomic E-state index is 0.197. The van der Waals surface area contributed by atoms with E-state index in [1.54, 1.807) is 31.2 Å². The monoisotopic (exact) mass is 394 g/mol. The summed E-state index contributed by atoms with van der Waals surface area (Å²) in [6.45, 7) is 6.04. The van der Waals surface area contributed by atoms with Gasteiger partial charge in [-0.15, -0.1) is 0 Å². The zero-order valence-electron chi connectivity index (χ0n) is 16.1. The predicted octanol–water partition coefficient (Wildman–Crippen LogP) is 4.76. The number of aromatic nitrogens is 1. The van der Waals surface area contributed by atoms with E-state index in [-0.39, 0.29) is 18.3 Å². The van der Waals surface area contributed by atoms with Crippen molar-refractivity contribution in [3.05, 3.63) is 65.2 Å². The number of rotatable bonds is 6. The van der Waals surface area contributed by atoms with Crippen LogP contribution in [0, 0.1) is 13.8 Å². The SMILES string of the molecule is CCOC(=O)c1ccccc1NC(=O)CSc1nc2c(C)cccc2cc1C. The Hall–Kier alpha value is -2.86. The Kier molecular flexibility index (Phi) is 6.31. The summed E-state index contributed by atoms with van der Waals surface area (Å²) in [6.07, 6.45) is 0. The number of hydrogen-bond donors (Lipinski definition) is 1. The average Bonchev–Trinajstić information content (AvgIpc) is 2.67. The molecule has 2 aromatic carbocycles. The van der Waals surface area contributed by atoms with Gasteiger partial charge in [-0.25, -0.2) is 9.78 Å². The fourth-order valence-corrected chi connectivity index (χ4v) is 3.66. The molecule has 3 rings (SSSR count). The molecule has 3 aromatic rings. The summed E-state index contributed by atoms with van der Waals surface area (Å²) < 4.78 is 5.04. The van der Waals surface area contributed by atoms with Crippen LogP contribution in [-0.4, -0.2) is 29.2 Å². The normalized spacial score (nSPS) is 10.7. The molecular weight excluding hydrogens is 372 g/mol. The van der Waals surface area contributed by atoms with Crippen molar-refractivity contribution >= 4 is 40.2 Å². The Morgan fingerprint density at radius 1 is 1.07 bits per heavy atom. The molecule has 5 nitrogen and oxygen atoms in total. The first kappa shape index (κ1) is 19.9. The number of pyridine rings is 1. The van der Waals surface area contributed by atoms with Gasteiger partial charge in [-0.1, -0.05) is 42.1 Å². The van der Waals surface area contributed by atoms with E-state index in [2.05, 4.69) is 11.4 Å². The summed E-state index contributed by atoms with van der Waals surface area (Å²) in [6, 6.07) is 15.0. The molecule has 0 aliphatic rings. The van der Waals surface area contributed by atoms with Crippen molar-refractivity contribution in [1.82, 2.24) is 4.98 Å². The minimum Gasteiger partial charge on any atom is -0.462 e. The Balaban J connectivity index is 1.72. The van der Waals surface area contributed by atoms with Crippen LogP contribution in [0.2, 0.25) is 0 Å².